The zero-order valence-corrected chi connectivity index (χ0v) is 16.1. The van der Waals surface area contributed by atoms with Gasteiger partial charge in [0, 0.05) is 18.0 Å². The second-order valence-corrected chi connectivity index (χ2v) is 6.66. The molecule has 0 spiro atoms. The van der Waals surface area contributed by atoms with Crippen LogP contribution in [0.1, 0.15) is 17.0 Å². The molecule has 0 fully saturated rings. The SMILES string of the molecule is N#Cc1c(N)nc(SCc2ncccn2)c(C#N)c1-c1ccc(OCCO)cc1. The van der Waals surface area contributed by atoms with Crippen molar-refractivity contribution in [1.82, 2.24) is 15.0 Å². The molecule has 0 saturated carbocycles. The fraction of sp³-hybridized carbons (Fsp3) is 0.150. The molecule has 1 aromatic carbocycles. The maximum absolute atomic E-state index is 9.80. The third-order valence-corrected chi connectivity index (χ3v) is 4.85. The highest BCUT2D eigenvalue weighted by Crippen LogP contribution is 2.36. The van der Waals surface area contributed by atoms with Gasteiger partial charge in [-0.2, -0.15) is 10.5 Å². The highest BCUT2D eigenvalue weighted by molar-refractivity contribution is 7.98. The van der Waals surface area contributed by atoms with Crippen LogP contribution in [0.15, 0.2) is 47.8 Å². The van der Waals surface area contributed by atoms with Gasteiger partial charge >= 0.3 is 0 Å². The molecule has 2 heterocycles. The number of pyridine rings is 1. The number of nitrogen functional groups attached to an aromatic ring is 1. The van der Waals surface area contributed by atoms with Crippen molar-refractivity contribution in [3.8, 4) is 29.0 Å². The van der Waals surface area contributed by atoms with Crippen LogP contribution in [0.3, 0.4) is 0 Å². The van der Waals surface area contributed by atoms with Crippen LogP contribution in [-0.4, -0.2) is 33.3 Å². The fourth-order valence-corrected chi connectivity index (χ4v) is 3.48. The van der Waals surface area contributed by atoms with E-state index < -0.39 is 0 Å². The summed E-state index contributed by atoms with van der Waals surface area (Å²) in [5, 5.41) is 28.7. The van der Waals surface area contributed by atoms with Gasteiger partial charge in [-0.15, -0.1) is 0 Å². The molecule has 0 radical (unpaired) electrons. The topological polar surface area (TPSA) is 142 Å². The maximum Gasteiger partial charge on any atom is 0.143 e. The second-order valence-electron chi connectivity index (χ2n) is 5.70. The van der Waals surface area contributed by atoms with Crippen LogP contribution in [0.2, 0.25) is 0 Å². The summed E-state index contributed by atoms with van der Waals surface area (Å²) in [6.07, 6.45) is 3.28. The number of thioether (sulfide) groups is 1. The van der Waals surface area contributed by atoms with E-state index in [0.717, 1.165) is 0 Å². The lowest BCUT2D eigenvalue weighted by atomic mass is 9.97. The first-order valence-electron chi connectivity index (χ1n) is 8.54. The van der Waals surface area contributed by atoms with Crippen molar-refractivity contribution >= 4 is 17.6 Å². The lowest BCUT2D eigenvalue weighted by molar-refractivity contribution is 0.201. The summed E-state index contributed by atoms with van der Waals surface area (Å²) >= 11 is 1.28. The number of aliphatic hydroxyl groups is 1. The quantitative estimate of drug-likeness (QED) is 0.568. The first kappa shape index (κ1) is 20.1. The van der Waals surface area contributed by atoms with E-state index in [-0.39, 0.29) is 30.2 Å². The Morgan fingerprint density at radius 3 is 2.38 bits per heavy atom. The maximum atomic E-state index is 9.80. The largest absolute Gasteiger partial charge is 0.491 e. The third-order valence-electron chi connectivity index (χ3n) is 3.88. The van der Waals surface area contributed by atoms with Crippen LogP contribution in [0.25, 0.3) is 11.1 Å². The van der Waals surface area contributed by atoms with E-state index in [1.165, 1.54) is 11.8 Å². The molecule has 8 nitrogen and oxygen atoms in total. The van der Waals surface area contributed by atoms with Crippen LogP contribution in [0.4, 0.5) is 5.82 Å². The smallest absolute Gasteiger partial charge is 0.143 e. The number of aliphatic hydroxyl groups excluding tert-OH is 1. The Kier molecular flexibility index (Phi) is 6.59. The van der Waals surface area contributed by atoms with Crippen molar-refractivity contribution in [2.24, 2.45) is 0 Å². The molecular weight excluding hydrogens is 388 g/mol. The minimum Gasteiger partial charge on any atom is -0.491 e. The molecule has 2 aromatic heterocycles. The Bertz CT molecular complexity index is 1080. The number of benzene rings is 1. The van der Waals surface area contributed by atoms with Crippen LogP contribution in [0, 0.1) is 22.7 Å². The summed E-state index contributed by atoms with van der Waals surface area (Å²) < 4.78 is 5.36. The molecule has 3 N–H and O–H groups in total. The number of aromatic nitrogens is 3. The average molecular weight is 404 g/mol. The van der Waals surface area contributed by atoms with Crippen molar-refractivity contribution < 1.29 is 9.84 Å². The monoisotopic (exact) mass is 404 g/mol. The Hall–Kier alpha value is -3.66. The molecule has 3 rings (SSSR count). The van der Waals surface area contributed by atoms with Crippen molar-refractivity contribution in [1.29, 1.82) is 10.5 Å². The van der Waals surface area contributed by atoms with E-state index in [1.54, 1.807) is 42.7 Å². The highest BCUT2D eigenvalue weighted by Gasteiger charge is 2.20. The number of hydrogen-bond donors (Lipinski definition) is 2. The van der Waals surface area contributed by atoms with Crippen LogP contribution in [-0.2, 0) is 5.75 Å². The number of anilines is 1. The molecule has 3 aromatic rings. The summed E-state index contributed by atoms with van der Waals surface area (Å²) in [7, 11) is 0. The van der Waals surface area contributed by atoms with Gasteiger partial charge in [0.15, 0.2) is 0 Å². The van der Waals surface area contributed by atoms with Crippen molar-refractivity contribution in [2.75, 3.05) is 18.9 Å². The molecule has 0 atom stereocenters. The molecule has 0 unspecified atom stereocenters. The minimum atomic E-state index is -0.0918. The lowest BCUT2D eigenvalue weighted by Crippen LogP contribution is -2.04. The van der Waals surface area contributed by atoms with Crippen LogP contribution in [0.5, 0.6) is 5.75 Å². The number of nitrogens with two attached hydrogens (primary N) is 1. The van der Waals surface area contributed by atoms with Gasteiger partial charge in [0.25, 0.3) is 0 Å². The normalized spacial score (nSPS) is 10.2. The summed E-state index contributed by atoms with van der Waals surface area (Å²) in [6.45, 7) is 0.0856. The molecular formula is C20H16N6O2S. The van der Waals surface area contributed by atoms with E-state index in [2.05, 4.69) is 27.1 Å². The Labute approximate surface area is 171 Å². The molecule has 0 bridgehead atoms. The van der Waals surface area contributed by atoms with Gasteiger partial charge in [0.1, 0.15) is 46.7 Å². The Balaban J connectivity index is 2.02. The van der Waals surface area contributed by atoms with Gasteiger partial charge < -0.3 is 15.6 Å². The van der Waals surface area contributed by atoms with Crippen molar-refractivity contribution in [2.45, 2.75) is 10.8 Å². The van der Waals surface area contributed by atoms with Gasteiger partial charge in [0.05, 0.1) is 17.9 Å². The molecule has 9 heteroatoms. The number of rotatable bonds is 7. The zero-order valence-electron chi connectivity index (χ0n) is 15.2. The Morgan fingerprint density at radius 2 is 1.76 bits per heavy atom. The van der Waals surface area contributed by atoms with E-state index >= 15 is 0 Å². The second kappa shape index (κ2) is 9.51. The molecule has 0 amide bonds. The van der Waals surface area contributed by atoms with Crippen molar-refractivity contribution in [3.63, 3.8) is 0 Å². The molecule has 0 aliphatic carbocycles. The van der Waals surface area contributed by atoms with Gasteiger partial charge in [-0.3, -0.25) is 0 Å². The molecule has 0 saturated heterocycles. The fourth-order valence-electron chi connectivity index (χ4n) is 2.61. The predicted molar refractivity (Wildman–Crippen MR) is 108 cm³/mol. The standard InChI is InChI=1S/C20H16N6O2S/c21-10-15-18(13-2-4-14(5-3-13)28-9-8-27)16(11-22)20(26-19(15)23)29-12-17-24-6-1-7-25-17/h1-7,27H,8-9,12H2,(H2,23,26). The first-order valence-corrected chi connectivity index (χ1v) is 9.53. The number of hydrogen-bond acceptors (Lipinski definition) is 9. The van der Waals surface area contributed by atoms with Gasteiger partial charge in [0.2, 0.25) is 0 Å². The average Bonchev–Trinajstić information content (AvgIpc) is 2.76. The van der Waals surface area contributed by atoms with Gasteiger partial charge in [-0.25, -0.2) is 15.0 Å². The molecule has 0 aliphatic heterocycles. The zero-order chi connectivity index (χ0) is 20.6. The summed E-state index contributed by atoms with van der Waals surface area (Å²) in [4.78, 5) is 12.6. The Morgan fingerprint density at radius 1 is 1.07 bits per heavy atom. The summed E-state index contributed by atoms with van der Waals surface area (Å²) in [5.74, 6) is 1.62. The minimum absolute atomic E-state index is 0.0542. The van der Waals surface area contributed by atoms with Gasteiger partial charge in [-0.1, -0.05) is 23.9 Å². The lowest BCUT2D eigenvalue weighted by Gasteiger charge is -2.13. The van der Waals surface area contributed by atoms with Gasteiger partial charge in [-0.05, 0) is 23.8 Å². The number of ether oxygens (including phenoxy) is 1. The van der Waals surface area contributed by atoms with E-state index in [9.17, 15) is 10.5 Å². The van der Waals surface area contributed by atoms with E-state index in [4.69, 9.17) is 15.6 Å². The molecule has 0 aliphatic rings. The third kappa shape index (κ3) is 4.61. The summed E-state index contributed by atoms with van der Waals surface area (Å²) in [6, 6.07) is 12.8. The van der Waals surface area contributed by atoms with E-state index in [0.29, 0.717) is 33.5 Å². The molecule has 29 heavy (non-hydrogen) atoms. The summed E-state index contributed by atoms with van der Waals surface area (Å²) in [5.41, 5.74) is 7.49. The number of nitrogens with zero attached hydrogens (tertiary/aromatic N) is 5. The number of nitriles is 2. The highest BCUT2D eigenvalue weighted by atomic mass is 32.2. The van der Waals surface area contributed by atoms with Crippen LogP contribution < -0.4 is 10.5 Å². The molecule has 144 valence electrons. The first-order chi connectivity index (χ1) is 14.2. The predicted octanol–water partition coefficient (Wildman–Crippen LogP) is 2.53. The van der Waals surface area contributed by atoms with Crippen molar-refractivity contribution in [3.05, 3.63) is 59.7 Å². The van der Waals surface area contributed by atoms with Crippen LogP contribution >= 0.6 is 11.8 Å². The van der Waals surface area contributed by atoms with E-state index in [1.807, 2.05) is 0 Å².